The van der Waals surface area contributed by atoms with Crippen molar-refractivity contribution in [2.24, 2.45) is 32.5 Å². The standard InChI is InChI=1S/C20H27NO.C19H29NO.C18H27NO/c1-19(2,3)20(12-5-4-6-13-20)18(22)15-17-9-7-16(8-10-17)11-14-21;1-18(2,3)19(13-6-4-7-14-19)17(21)12-9-11-16-10-5-8-15-20-16;1-17(2,3)18(12-6-4-7-13-18)16(20)11-10-15-9-5-8-14-19-15/h7-10H,4-6,11-13,15H2,1-3H3;5,8,10,15H,4,6-7,9,11-14H2,1-3H3;5,8-9,14H,4,6-7,10-13H2,1-3H3. The molecule has 0 saturated heterocycles. The molecule has 0 bridgehead atoms. The highest BCUT2D eigenvalue weighted by Gasteiger charge is 2.49. The van der Waals surface area contributed by atoms with Gasteiger partial charge in [-0.25, -0.2) is 0 Å². The van der Waals surface area contributed by atoms with E-state index < -0.39 is 0 Å². The first-order chi connectivity index (χ1) is 29.8. The van der Waals surface area contributed by atoms with Crippen LogP contribution in [0.4, 0.5) is 0 Å². The van der Waals surface area contributed by atoms with Gasteiger partial charge in [-0.1, -0.05) is 156 Å². The third kappa shape index (κ3) is 13.8. The van der Waals surface area contributed by atoms with Crippen molar-refractivity contribution in [2.75, 3.05) is 0 Å². The molecule has 0 N–H and O–H groups in total. The van der Waals surface area contributed by atoms with Gasteiger partial charge in [0.05, 0.1) is 12.5 Å². The SMILES string of the molecule is CC(C)(C)C1(C(=O)CCCc2ccccn2)CCCCC1.CC(C)(C)C1(C(=O)CCc2ccccn2)CCCCC1.CC(C)(C)C1(C(=O)Cc2ccc(CC#N)cc2)CCCCC1. The number of carbonyl (C=O) groups is 3. The van der Waals surface area contributed by atoms with Gasteiger partial charge in [0.25, 0.3) is 0 Å². The largest absolute Gasteiger partial charge is 0.299 e. The summed E-state index contributed by atoms with van der Waals surface area (Å²) < 4.78 is 0. The average molecular weight is 858 g/mol. The molecule has 0 amide bonds. The van der Waals surface area contributed by atoms with Crippen LogP contribution in [0.5, 0.6) is 0 Å². The molecule has 1 aromatic carbocycles. The fourth-order valence-electron chi connectivity index (χ4n) is 11.3. The molecule has 0 aliphatic heterocycles. The summed E-state index contributed by atoms with van der Waals surface area (Å²) in [6, 6.07) is 22.0. The van der Waals surface area contributed by atoms with Crippen LogP contribution in [0.3, 0.4) is 0 Å². The lowest BCUT2D eigenvalue weighted by molar-refractivity contribution is -0.139. The lowest BCUT2D eigenvalue weighted by Gasteiger charge is -2.46. The van der Waals surface area contributed by atoms with Crippen molar-refractivity contribution in [2.45, 2.75) is 204 Å². The smallest absolute Gasteiger partial charge is 0.143 e. The zero-order chi connectivity index (χ0) is 46.2. The number of carbonyl (C=O) groups excluding carboxylic acids is 3. The lowest BCUT2D eigenvalue weighted by atomic mass is 9.56. The van der Waals surface area contributed by atoms with Crippen molar-refractivity contribution in [3.63, 3.8) is 0 Å². The van der Waals surface area contributed by atoms with Gasteiger partial charge in [-0.3, -0.25) is 24.4 Å². The summed E-state index contributed by atoms with van der Waals surface area (Å²) in [6.45, 7) is 20.1. The van der Waals surface area contributed by atoms with Crippen LogP contribution >= 0.6 is 0 Å². The molecule has 3 fully saturated rings. The van der Waals surface area contributed by atoms with Gasteiger partial charge in [0.15, 0.2) is 0 Å². The number of pyridine rings is 2. The number of rotatable bonds is 13. The van der Waals surface area contributed by atoms with Crippen molar-refractivity contribution in [3.8, 4) is 6.07 Å². The van der Waals surface area contributed by atoms with Gasteiger partial charge in [-0.2, -0.15) is 5.26 Å². The highest BCUT2D eigenvalue weighted by molar-refractivity contribution is 5.88. The number of hydrogen-bond donors (Lipinski definition) is 0. The third-order valence-electron chi connectivity index (χ3n) is 15.6. The minimum atomic E-state index is -0.170. The second-order valence-corrected chi connectivity index (χ2v) is 22.3. The molecule has 6 heteroatoms. The Bertz CT molecular complexity index is 1890. The van der Waals surface area contributed by atoms with E-state index >= 15 is 0 Å². The van der Waals surface area contributed by atoms with Crippen molar-refractivity contribution >= 4 is 17.3 Å². The van der Waals surface area contributed by atoms with Crippen LogP contribution in [-0.4, -0.2) is 27.3 Å². The third-order valence-corrected chi connectivity index (χ3v) is 15.6. The Hall–Kier alpha value is -3.98. The maximum Gasteiger partial charge on any atom is 0.143 e. The van der Waals surface area contributed by atoms with E-state index in [9.17, 15) is 14.4 Å². The Morgan fingerprint density at radius 3 is 1.27 bits per heavy atom. The Kier molecular flexibility index (Phi) is 19.1. The van der Waals surface area contributed by atoms with Crippen LogP contribution in [0.2, 0.25) is 0 Å². The molecule has 344 valence electrons. The molecule has 3 aliphatic rings. The molecule has 3 aromatic rings. The summed E-state index contributed by atoms with van der Waals surface area (Å²) in [5, 5.41) is 8.72. The number of nitrogens with zero attached hydrogens (tertiary/aromatic N) is 3. The van der Waals surface area contributed by atoms with Crippen molar-refractivity contribution in [1.82, 2.24) is 9.97 Å². The molecule has 63 heavy (non-hydrogen) atoms. The predicted octanol–water partition coefficient (Wildman–Crippen LogP) is 14.4. The van der Waals surface area contributed by atoms with Crippen LogP contribution in [0.1, 0.15) is 200 Å². The van der Waals surface area contributed by atoms with Crippen LogP contribution in [0.15, 0.2) is 73.1 Å². The van der Waals surface area contributed by atoms with Crippen molar-refractivity contribution in [1.29, 1.82) is 5.26 Å². The Morgan fingerprint density at radius 1 is 0.508 bits per heavy atom. The van der Waals surface area contributed by atoms with E-state index in [1.165, 1.54) is 57.8 Å². The van der Waals surface area contributed by atoms with E-state index in [1.54, 1.807) is 6.20 Å². The fraction of sp³-hybridized carbons (Fsp3) is 0.649. The van der Waals surface area contributed by atoms with Gasteiger partial charge in [-0.05, 0) is 109 Å². The maximum absolute atomic E-state index is 13.1. The normalized spacial score (nSPS) is 18.3. The Labute approximate surface area is 383 Å². The van der Waals surface area contributed by atoms with Crippen molar-refractivity contribution in [3.05, 3.63) is 95.6 Å². The number of hydrogen-bond acceptors (Lipinski definition) is 6. The molecule has 6 rings (SSSR count). The first-order valence-corrected chi connectivity index (χ1v) is 24.6. The number of nitriles is 1. The molecule has 2 heterocycles. The summed E-state index contributed by atoms with van der Waals surface area (Å²) in [5.74, 6) is 1.34. The lowest BCUT2D eigenvalue weighted by Crippen LogP contribution is -2.45. The Balaban J connectivity index is 0.000000208. The van der Waals surface area contributed by atoms with E-state index in [1.807, 2.05) is 66.9 Å². The second kappa shape index (κ2) is 23.3. The molecule has 3 aliphatic carbocycles. The minimum Gasteiger partial charge on any atom is -0.299 e. The monoisotopic (exact) mass is 858 g/mol. The van der Waals surface area contributed by atoms with E-state index in [4.69, 9.17) is 5.26 Å². The number of aryl methyl sites for hydroxylation is 2. The predicted molar refractivity (Wildman–Crippen MR) is 259 cm³/mol. The molecule has 0 spiro atoms. The van der Waals surface area contributed by atoms with Gasteiger partial charge in [-0.15, -0.1) is 0 Å². The number of benzene rings is 1. The summed E-state index contributed by atoms with van der Waals surface area (Å²) in [4.78, 5) is 47.6. The van der Waals surface area contributed by atoms with Crippen LogP contribution in [0, 0.1) is 43.8 Å². The zero-order valence-corrected chi connectivity index (χ0v) is 41.1. The quantitative estimate of drug-likeness (QED) is 0.170. The summed E-state index contributed by atoms with van der Waals surface area (Å²) >= 11 is 0. The van der Waals surface area contributed by atoms with Gasteiger partial charge in [0, 0.05) is 59.3 Å². The molecule has 6 nitrogen and oxygen atoms in total. The topological polar surface area (TPSA) is 101 Å². The molecule has 0 atom stereocenters. The van der Waals surface area contributed by atoms with E-state index in [2.05, 4.69) is 78.4 Å². The minimum absolute atomic E-state index is 0.0191. The summed E-state index contributed by atoms with van der Waals surface area (Å²) in [5.41, 5.74) is 4.00. The highest BCUT2D eigenvalue weighted by Crippen LogP contribution is 2.53. The average Bonchev–Trinajstić information content (AvgIpc) is 3.27. The van der Waals surface area contributed by atoms with E-state index in [0.717, 1.165) is 80.3 Å². The van der Waals surface area contributed by atoms with Crippen LogP contribution in [-0.2, 0) is 40.1 Å². The molecular weight excluding hydrogens is 775 g/mol. The van der Waals surface area contributed by atoms with Crippen LogP contribution in [0.25, 0.3) is 0 Å². The second-order valence-electron chi connectivity index (χ2n) is 22.3. The number of Topliss-reactive ketones (excluding diaryl/α,β-unsaturated/α-hetero) is 3. The van der Waals surface area contributed by atoms with Gasteiger partial charge < -0.3 is 0 Å². The van der Waals surface area contributed by atoms with Gasteiger partial charge >= 0.3 is 0 Å². The van der Waals surface area contributed by atoms with Gasteiger partial charge in [0.2, 0.25) is 0 Å². The first-order valence-electron chi connectivity index (χ1n) is 24.6. The van der Waals surface area contributed by atoms with Gasteiger partial charge in [0.1, 0.15) is 17.3 Å². The number of aromatic nitrogens is 2. The summed E-state index contributed by atoms with van der Waals surface area (Å²) in [6.07, 6.45) is 25.9. The van der Waals surface area contributed by atoms with E-state index in [-0.39, 0.29) is 32.5 Å². The number of ketones is 3. The highest BCUT2D eigenvalue weighted by atomic mass is 16.1. The van der Waals surface area contributed by atoms with E-state index in [0.29, 0.717) is 43.0 Å². The zero-order valence-electron chi connectivity index (χ0n) is 41.1. The molecule has 3 saturated carbocycles. The fourth-order valence-corrected chi connectivity index (χ4v) is 11.3. The molecular formula is C57H83N3O3. The molecule has 2 aromatic heterocycles. The Morgan fingerprint density at radius 2 is 0.889 bits per heavy atom. The molecule has 0 radical (unpaired) electrons. The van der Waals surface area contributed by atoms with Crippen molar-refractivity contribution < 1.29 is 14.4 Å². The summed E-state index contributed by atoms with van der Waals surface area (Å²) in [7, 11) is 0. The first kappa shape index (κ1) is 51.7. The molecule has 0 unspecified atom stereocenters. The maximum atomic E-state index is 13.1. The van der Waals surface area contributed by atoms with Crippen LogP contribution < -0.4 is 0 Å².